The van der Waals surface area contributed by atoms with Gasteiger partial charge in [0, 0.05) is 4.88 Å². The minimum atomic E-state index is -0.855. The highest BCUT2D eigenvalue weighted by molar-refractivity contribution is 7.18. The Morgan fingerprint density at radius 2 is 1.48 bits per heavy atom. The number of carbonyl (C=O) groups excluding carboxylic acids is 4. The zero-order valence-corrected chi connectivity index (χ0v) is 18.8. The number of nitrogens with one attached hydrogen (secondary N) is 1. The maximum Gasteiger partial charge on any atom is 0.350 e. The van der Waals surface area contributed by atoms with Gasteiger partial charge in [-0.15, -0.1) is 11.3 Å². The van der Waals surface area contributed by atoms with Crippen LogP contribution in [0.3, 0.4) is 0 Å². The van der Waals surface area contributed by atoms with Crippen LogP contribution in [0.25, 0.3) is 10.4 Å². The van der Waals surface area contributed by atoms with E-state index in [0.29, 0.717) is 0 Å². The van der Waals surface area contributed by atoms with Crippen LogP contribution >= 0.6 is 11.3 Å². The summed E-state index contributed by atoms with van der Waals surface area (Å²) in [5.74, 6) is -2.77. The van der Waals surface area contributed by atoms with Crippen LogP contribution in [0.1, 0.15) is 37.3 Å². The molecule has 0 fully saturated rings. The molecule has 2 aromatic carbocycles. The van der Waals surface area contributed by atoms with E-state index in [9.17, 15) is 19.2 Å². The van der Waals surface area contributed by atoms with Crippen molar-refractivity contribution in [1.82, 2.24) is 0 Å². The third-order valence-electron chi connectivity index (χ3n) is 4.41. The highest BCUT2D eigenvalue weighted by atomic mass is 32.1. The SMILES string of the molecule is CCOC(=O)c1sc(-c2ccccc2)cc1NC(=O)COC(=O)c1ccccc1C(=O)OC. The summed E-state index contributed by atoms with van der Waals surface area (Å²) in [5, 5.41) is 2.60. The Balaban J connectivity index is 1.74. The Bertz CT molecular complexity index is 1170. The molecule has 0 atom stereocenters. The van der Waals surface area contributed by atoms with Gasteiger partial charge in [0.15, 0.2) is 6.61 Å². The molecule has 1 N–H and O–H groups in total. The van der Waals surface area contributed by atoms with Gasteiger partial charge < -0.3 is 19.5 Å². The van der Waals surface area contributed by atoms with Gasteiger partial charge in [-0.05, 0) is 30.7 Å². The molecule has 0 saturated carbocycles. The van der Waals surface area contributed by atoms with E-state index in [-0.39, 0.29) is 28.3 Å². The summed E-state index contributed by atoms with van der Waals surface area (Å²) in [6, 6.07) is 17.0. The Hall–Kier alpha value is -3.98. The van der Waals surface area contributed by atoms with E-state index in [1.54, 1.807) is 25.1 Å². The second-order valence-electron chi connectivity index (χ2n) is 6.60. The Morgan fingerprint density at radius 1 is 0.848 bits per heavy atom. The molecule has 0 saturated heterocycles. The Kier molecular flexibility index (Phi) is 7.93. The number of hydrogen-bond donors (Lipinski definition) is 1. The van der Waals surface area contributed by atoms with E-state index in [2.05, 4.69) is 10.1 Å². The van der Waals surface area contributed by atoms with Crippen LogP contribution < -0.4 is 5.32 Å². The molecule has 33 heavy (non-hydrogen) atoms. The summed E-state index contributed by atoms with van der Waals surface area (Å²) in [7, 11) is 1.20. The third kappa shape index (κ3) is 5.83. The molecule has 1 amide bonds. The number of ether oxygens (including phenoxy) is 3. The van der Waals surface area contributed by atoms with E-state index >= 15 is 0 Å². The number of carbonyl (C=O) groups is 4. The number of methoxy groups -OCH3 is 1. The highest BCUT2D eigenvalue weighted by Crippen LogP contribution is 2.35. The molecule has 0 bridgehead atoms. The van der Waals surface area contributed by atoms with Gasteiger partial charge in [-0.3, -0.25) is 4.79 Å². The summed E-state index contributed by atoms with van der Waals surface area (Å²) < 4.78 is 14.8. The molecule has 0 radical (unpaired) electrons. The molecule has 0 aliphatic carbocycles. The predicted molar refractivity (Wildman–Crippen MR) is 122 cm³/mol. The first-order valence-corrected chi connectivity index (χ1v) is 10.8. The molecule has 0 spiro atoms. The van der Waals surface area contributed by atoms with Crippen molar-refractivity contribution < 1.29 is 33.4 Å². The van der Waals surface area contributed by atoms with Gasteiger partial charge in [-0.2, -0.15) is 0 Å². The number of esters is 3. The van der Waals surface area contributed by atoms with Crippen molar-refractivity contribution in [1.29, 1.82) is 0 Å². The van der Waals surface area contributed by atoms with Crippen molar-refractivity contribution in [3.05, 3.63) is 76.7 Å². The quantitative estimate of drug-likeness (QED) is 0.391. The third-order valence-corrected chi connectivity index (χ3v) is 5.58. The van der Waals surface area contributed by atoms with E-state index in [0.717, 1.165) is 10.4 Å². The lowest BCUT2D eigenvalue weighted by atomic mass is 10.1. The largest absolute Gasteiger partial charge is 0.465 e. The number of amides is 1. The molecule has 0 aliphatic heterocycles. The van der Waals surface area contributed by atoms with Crippen LogP contribution in [0.2, 0.25) is 0 Å². The van der Waals surface area contributed by atoms with Crippen molar-refractivity contribution in [2.24, 2.45) is 0 Å². The van der Waals surface area contributed by atoms with Crippen molar-refractivity contribution in [2.75, 3.05) is 25.6 Å². The predicted octanol–water partition coefficient (Wildman–Crippen LogP) is 4.17. The zero-order valence-electron chi connectivity index (χ0n) is 18.0. The van der Waals surface area contributed by atoms with Gasteiger partial charge >= 0.3 is 17.9 Å². The molecule has 3 aromatic rings. The first-order valence-electron chi connectivity index (χ1n) is 9.95. The van der Waals surface area contributed by atoms with Crippen molar-refractivity contribution in [2.45, 2.75) is 6.92 Å². The number of anilines is 1. The fraction of sp³-hybridized carbons (Fsp3) is 0.167. The standard InChI is InChI=1S/C24H21NO7S/c1-3-31-24(29)21-18(13-19(33-21)15-9-5-4-6-10-15)25-20(26)14-32-23(28)17-12-8-7-11-16(17)22(27)30-2/h4-13H,3,14H2,1-2H3,(H,25,26). The molecule has 0 unspecified atom stereocenters. The molecule has 3 rings (SSSR count). The van der Waals surface area contributed by atoms with Gasteiger partial charge in [0.05, 0.1) is 30.5 Å². The topological polar surface area (TPSA) is 108 Å². The summed E-state index contributed by atoms with van der Waals surface area (Å²) in [4.78, 5) is 50.1. The second kappa shape index (κ2) is 11.1. The van der Waals surface area contributed by atoms with E-state index in [4.69, 9.17) is 9.47 Å². The lowest BCUT2D eigenvalue weighted by molar-refractivity contribution is -0.119. The smallest absolute Gasteiger partial charge is 0.350 e. The molecule has 0 aliphatic rings. The van der Waals surface area contributed by atoms with Crippen LogP contribution in [-0.2, 0) is 19.0 Å². The van der Waals surface area contributed by atoms with Crippen molar-refractivity contribution in [3.8, 4) is 10.4 Å². The second-order valence-corrected chi connectivity index (χ2v) is 7.65. The maximum absolute atomic E-state index is 12.5. The Morgan fingerprint density at radius 3 is 2.12 bits per heavy atom. The minimum absolute atomic E-state index is 0.0220. The van der Waals surface area contributed by atoms with Crippen LogP contribution in [0.4, 0.5) is 5.69 Å². The fourth-order valence-corrected chi connectivity index (χ4v) is 3.93. The maximum atomic E-state index is 12.5. The van der Waals surface area contributed by atoms with Gasteiger partial charge in [-0.1, -0.05) is 42.5 Å². The van der Waals surface area contributed by atoms with E-state index < -0.39 is 30.4 Å². The normalized spacial score (nSPS) is 10.2. The van der Waals surface area contributed by atoms with Crippen molar-refractivity contribution >= 4 is 40.8 Å². The van der Waals surface area contributed by atoms with Gasteiger partial charge in [0.1, 0.15) is 4.88 Å². The molecular formula is C24H21NO7S. The molecule has 1 aromatic heterocycles. The monoisotopic (exact) mass is 467 g/mol. The lowest BCUT2D eigenvalue weighted by Gasteiger charge is -2.09. The molecule has 9 heteroatoms. The number of hydrogen-bond acceptors (Lipinski definition) is 8. The summed E-state index contributed by atoms with van der Waals surface area (Å²) >= 11 is 1.18. The molecule has 170 valence electrons. The average Bonchev–Trinajstić information content (AvgIpc) is 3.26. The fourth-order valence-electron chi connectivity index (χ4n) is 2.92. The lowest BCUT2D eigenvalue weighted by Crippen LogP contribution is -2.22. The van der Waals surface area contributed by atoms with Crippen LogP contribution in [0, 0.1) is 0 Å². The molecule has 1 heterocycles. The summed E-state index contributed by atoms with van der Waals surface area (Å²) in [6.45, 7) is 1.25. The van der Waals surface area contributed by atoms with E-state index in [1.807, 2.05) is 30.3 Å². The van der Waals surface area contributed by atoms with Gasteiger partial charge in [0.25, 0.3) is 5.91 Å². The highest BCUT2D eigenvalue weighted by Gasteiger charge is 2.22. The van der Waals surface area contributed by atoms with Crippen LogP contribution in [0.5, 0.6) is 0 Å². The number of rotatable bonds is 8. The number of benzene rings is 2. The first-order chi connectivity index (χ1) is 15.9. The average molecular weight is 467 g/mol. The number of thiophene rings is 1. The first kappa shape index (κ1) is 23.7. The van der Waals surface area contributed by atoms with Gasteiger partial charge in [0.2, 0.25) is 0 Å². The van der Waals surface area contributed by atoms with Crippen LogP contribution in [0.15, 0.2) is 60.7 Å². The molecular weight excluding hydrogens is 446 g/mol. The van der Waals surface area contributed by atoms with Crippen LogP contribution in [-0.4, -0.2) is 44.1 Å². The zero-order chi connectivity index (χ0) is 23.8. The molecule has 8 nitrogen and oxygen atoms in total. The summed E-state index contributed by atoms with van der Waals surface area (Å²) in [6.07, 6.45) is 0. The van der Waals surface area contributed by atoms with Crippen molar-refractivity contribution in [3.63, 3.8) is 0 Å². The minimum Gasteiger partial charge on any atom is -0.465 e. The van der Waals surface area contributed by atoms with Gasteiger partial charge in [-0.25, -0.2) is 14.4 Å². The Labute approximate surface area is 194 Å². The summed E-state index contributed by atoms with van der Waals surface area (Å²) in [5.41, 5.74) is 1.14. The van der Waals surface area contributed by atoms with E-state index in [1.165, 1.54) is 30.6 Å².